The van der Waals surface area contributed by atoms with Gasteiger partial charge in [-0.3, -0.25) is 4.99 Å². The van der Waals surface area contributed by atoms with Crippen LogP contribution >= 0.6 is 0 Å². The number of hydrogen-bond donors (Lipinski definition) is 2. The summed E-state index contributed by atoms with van der Waals surface area (Å²) in [4.78, 5) is 4.49. The fourth-order valence-corrected chi connectivity index (χ4v) is 2.36. The third-order valence-electron chi connectivity index (χ3n) is 3.61. The third kappa shape index (κ3) is 3.49. The van der Waals surface area contributed by atoms with Gasteiger partial charge in [0.15, 0.2) is 5.96 Å². The van der Waals surface area contributed by atoms with Crippen molar-refractivity contribution < 1.29 is 0 Å². The zero-order valence-corrected chi connectivity index (χ0v) is 11.4. The molecule has 1 fully saturated rings. The minimum absolute atomic E-state index is 0.466. The van der Waals surface area contributed by atoms with E-state index in [0.29, 0.717) is 11.4 Å². The molecule has 0 radical (unpaired) electrons. The number of nitrogens with one attached hydrogen (secondary N) is 1. The molecule has 1 aromatic rings. The Labute approximate surface area is 109 Å². The van der Waals surface area contributed by atoms with Crippen LogP contribution in [0.25, 0.3) is 0 Å². The molecule has 0 heterocycles. The van der Waals surface area contributed by atoms with E-state index < -0.39 is 0 Å². The Balaban J connectivity index is 1.89. The summed E-state index contributed by atoms with van der Waals surface area (Å²) in [7, 11) is 0. The van der Waals surface area contributed by atoms with Crippen molar-refractivity contribution in [1.29, 1.82) is 0 Å². The Kier molecular flexibility index (Phi) is 3.90. The van der Waals surface area contributed by atoms with E-state index in [1.165, 1.54) is 31.2 Å². The highest BCUT2D eigenvalue weighted by Crippen LogP contribution is 2.49. The summed E-state index contributed by atoms with van der Waals surface area (Å²) in [6.45, 7) is 5.17. The first-order valence-corrected chi connectivity index (χ1v) is 6.77. The molecule has 18 heavy (non-hydrogen) atoms. The summed E-state index contributed by atoms with van der Waals surface area (Å²) in [5.41, 5.74) is 8.62. The van der Waals surface area contributed by atoms with Crippen molar-refractivity contribution in [2.24, 2.45) is 16.1 Å². The van der Waals surface area contributed by atoms with Gasteiger partial charge < -0.3 is 11.1 Å². The standard InChI is InChI=1S/C15H23N3/c1-3-7-15(8-9-15)11-17-14(16)18-13-6-4-5-12(2)10-13/h4-6,10H,3,7-9,11H2,1-2H3,(H3,16,17,18). The number of benzene rings is 1. The predicted molar refractivity (Wildman–Crippen MR) is 77.9 cm³/mol. The molecule has 0 saturated heterocycles. The van der Waals surface area contributed by atoms with Crippen LogP contribution in [0, 0.1) is 12.3 Å². The molecule has 0 spiro atoms. The summed E-state index contributed by atoms with van der Waals surface area (Å²) < 4.78 is 0. The van der Waals surface area contributed by atoms with Gasteiger partial charge >= 0.3 is 0 Å². The van der Waals surface area contributed by atoms with Crippen molar-refractivity contribution >= 4 is 11.6 Å². The molecule has 0 bridgehead atoms. The maximum Gasteiger partial charge on any atom is 0.193 e. The van der Waals surface area contributed by atoms with E-state index >= 15 is 0 Å². The first-order valence-electron chi connectivity index (χ1n) is 6.77. The monoisotopic (exact) mass is 245 g/mol. The topological polar surface area (TPSA) is 50.4 Å². The molecule has 1 saturated carbocycles. The van der Waals surface area contributed by atoms with Crippen LogP contribution in [0.1, 0.15) is 38.2 Å². The van der Waals surface area contributed by atoms with Gasteiger partial charge in [-0.25, -0.2) is 0 Å². The molecule has 2 rings (SSSR count). The van der Waals surface area contributed by atoms with Gasteiger partial charge in [0.05, 0.1) is 0 Å². The molecule has 1 aliphatic carbocycles. The number of guanidine groups is 1. The number of nitrogens with two attached hydrogens (primary N) is 1. The lowest BCUT2D eigenvalue weighted by atomic mass is 10.0. The molecule has 0 atom stereocenters. The second kappa shape index (κ2) is 5.42. The minimum Gasteiger partial charge on any atom is -0.370 e. The van der Waals surface area contributed by atoms with Gasteiger partial charge in [0.2, 0.25) is 0 Å². The molecular weight excluding hydrogens is 222 g/mol. The van der Waals surface area contributed by atoms with Gasteiger partial charge in [0.25, 0.3) is 0 Å². The number of aliphatic imine (C=N–C) groups is 1. The molecule has 98 valence electrons. The smallest absolute Gasteiger partial charge is 0.193 e. The van der Waals surface area contributed by atoms with Gasteiger partial charge in [0.1, 0.15) is 0 Å². The van der Waals surface area contributed by atoms with Gasteiger partial charge in [-0.2, -0.15) is 0 Å². The quantitative estimate of drug-likeness (QED) is 0.617. The van der Waals surface area contributed by atoms with Crippen molar-refractivity contribution in [2.75, 3.05) is 11.9 Å². The van der Waals surface area contributed by atoms with E-state index in [9.17, 15) is 0 Å². The van der Waals surface area contributed by atoms with Crippen LogP contribution in [0.5, 0.6) is 0 Å². The second-order valence-corrected chi connectivity index (χ2v) is 5.45. The Morgan fingerprint density at radius 3 is 2.83 bits per heavy atom. The average molecular weight is 245 g/mol. The Morgan fingerprint density at radius 2 is 2.22 bits per heavy atom. The predicted octanol–water partition coefficient (Wildman–Crippen LogP) is 3.30. The molecule has 0 aromatic heterocycles. The van der Waals surface area contributed by atoms with E-state index in [4.69, 9.17) is 5.73 Å². The lowest BCUT2D eigenvalue weighted by Gasteiger charge is -2.12. The molecule has 1 aliphatic rings. The van der Waals surface area contributed by atoms with Crippen molar-refractivity contribution in [3.05, 3.63) is 29.8 Å². The molecule has 0 amide bonds. The molecule has 3 heteroatoms. The fraction of sp³-hybridized carbons (Fsp3) is 0.533. The highest BCUT2D eigenvalue weighted by molar-refractivity contribution is 5.92. The van der Waals surface area contributed by atoms with Gasteiger partial charge in [-0.05, 0) is 49.3 Å². The third-order valence-corrected chi connectivity index (χ3v) is 3.61. The van der Waals surface area contributed by atoms with E-state index in [0.717, 1.165) is 12.2 Å². The fourth-order valence-electron chi connectivity index (χ4n) is 2.36. The Bertz CT molecular complexity index is 433. The summed E-state index contributed by atoms with van der Waals surface area (Å²) in [5, 5.41) is 3.15. The van der Waals surface area contributed by atoms with Crippen LogP contribution in [-0.4, -0.2) is 12.5 Å². The lowest BCUT2D eigenvalue weighted by molar-refractivity contribution is 0.473. The SMILES string of the molecule is CCCC1(CN=C(N)Nc2cccc(C)c2)CC1. The molecule has 0 aliphatic heterocycles. The zero-order chi connectivity index (χ0) is 13.0. The van der Waals surface area contributed by atoms with Crippen molar-refractivity contribution in [2.45, 2.75) is 39.5 Å². The molecule has 3 nitrogen and oxygen atoms in total. The van der Waals surface area contributed by atoms with Crippen molar-refractivity contribution in [3.63, 3.8) is 0 Å². The summed E-state index contributed by atoms with van der Waals surface area (Å²) in [5.74, 6) is 0.531. The van der Waals surface area contributed by atoms with Gasteiger partial charge in [0, 0.05) is 12.2 Å². The number of hydrogen-bond acceptors (Lipinski definition) is 1. The number of anilines is 1. The molecule has 0 unspecified atom stereocenters. The van der Waals surface area contributed by atoms with Crippen molar-refractivity contribution in [3.8, 4) is 0 Å². The second-order valence-electron chi connectivity index (χ2n) is 5.45. The number of aryl methyl sites for hydroxylation is 1. The van der Waals surface area contributed by atoms with E-state index in [1.807, 2.05) is 12.1 Å². The van der Waals surface area contributed by atoms with E-state index in [1.54, 1.807) is 0 Å². The summed E-state index contributed by atoms with van der Waals surface area (Å²) in [6, 6.07) is 8.17. The lowest BCUT2D eigenvalue weighted by Crippen LogP contribution is -2.24. The highest BCUT2D eigenvalue weighted by Gasteiger charge is 2.41. The Morgan fingerprint density at radius 1 is 1.44 bits per heavy atom. The summed E-state index contributed by atoms with van der Waals surface area (Å²) in [6.07, 6.45) is 5.12. The van der Waals surface area contributed by atoms with Crippen LogP contribution in [0.3, 0.4) is 0 Å². The normalized spacial score (nSPS) is 17.6. The zero-order valence-electron chi connectivity index (χ0n) is 11.4. The Hall–Kier alpha value is -1.51. The van der Waals surface area contributed by atoms with Gasteiger partial charge in [-0.15, -0.1) is 0 Å². The first kappa shape index (κ1) is 12.9. The van der Waals surface area contributed by atoms with Gasteiger partial charge in [-0.1, -0.05) is 25.5 Å². The van der Waals surface area contributed by atoms with Crippen LogP contribution in [0.4, 0.5) is 5.69 Å². The molecule has 1 aromatic carbocycles. The minimum atomic E-state index is 0.466. The van der Waals surface area contributed by atoms with Crippen LogP contribution in [-0.2, 0) is 0 Å². The average Bonchev–Trinajstić information content (AvgIpc) is 3.08. The van der Waals surface area contributed by atoms with Crippen LogP contribution in [0.2, 0.25) is 0 Å². The molecule has 3 N–H and O–H groups in total. The maximum atomic E-state index is 5.93. The number of nitrogens with zero attached hydrogens (tertiary/aromatic N) is 1. The van der Waals surface area contributed by atoms with Crippen molar-refractivity contribution in [1.82, 2.24) is 0 Å². The largest absolute Gasteiger partial charge is 0.370 e. The maximum absolute atomic E-state index is 5.93. The van der Waals surface area contributed by atoms with Crippen LogP contribution < -0.4 is 11.1 Å². The van der Waals surface area contributed by atoms with E-state index in [2.05, 4.69) is 36.3 Å². The highest BCUT2D eigenvalue weighted by atomic mass is 15.1. The molecular formula is C15H23N3. The van der Waals surface area contributed by atoms with Crippen LogP contribution in [0.15, 0.2) is 29.3 Å². The summed E-state index contributed by atoms with van der Waals surface area (Å²) >= 11 is 0. The van der Waals surface area contributed by atoms with E-state index in [-0.39, 0.29) is 0 Å². The number of rotatable bonds is 5. The first-order chi connectivity index (χ1) is 8.63.